The van der Waals surface area contributed by atoms with Crippen LogP contribution in [0.15, 0.2) is 46.9 Å². The summed E-state index contributed by atoms with van der Waals surface area (Å²) in [4.78, 5) is 15.8. The van der Waals surface area contributed by atoms with Gasteiger partial charge in [-0.25, -0.2) is 9.78 Å². The summed E-state index contributed by atoms with van der Waals surface area (Å²) in [6.45, 7) is 0. The van der Waals surface area contributed by atoms with Gasteiger partial charge in [0.2, 0.25) is 5.89 Å². The first-order valence-electron chi connectivity index (χ1n) is 5.92. The molecule has 0 aliphatic carbocycles. The Kier molecular flexibility index (Phi) is 3.16. The fraction of sp³-hybridized carbons (Fsp3) is 0.0667. The Hall–Kier alpha value is -2.33. The fourth-order valence-corrected chi connectivity index (χ4v) is 2.10. The maximum atomic E-state index is 11.5. The maximum Gasteiger partial charge on any atom is 0.337 e. The van der Waals surface area contributed by atoms with Crippen LogP contribution in [-0.2, 0) is 4.74 Å². The lowest BCUT2D eigenvalue weighted by atomic mass is 10.2. The number of aromatic nitrogens is 1. The predicted molar refractivity (Wildman–Crippen MR) is 75.8 cm³/mol. The first-order valence-corrected chi connectivity index (χ1v) is 6.30. The lowest BCUT2D eigenvalue weighted by molar-refractivity contribution is 0.0601. The number of nitrogens with zero attached hydrogens (tertiary/aromatic N) is 1. The van der Waals surface area contributed by atoms with Gasteiger partial charge in [-0.3, -0.25) is 0 Å². The Morgan fingerprint density at radius 1 is 1.25 bits per heavy atom. The standard InChI is InChI=1S/C15H10ClNO3/c1-19-15(18)10-5-6-12-13(8-10)20-14(17-12)9-3-2-4-11(16)7-9/h2-8H,1H3. The van der Waals surface area contributed by atoms with Gasteiger partial charge in [-0.1, -0.05) is 17.7 Å². The third-order valence-electron chi connectivity index (χ3n) is 2.88. The van der Waals surface area contributed by atoms with Crippen molar-refractivity contribution in [3.63, 3.8) is 0 Å². The van der Waals surface area contributed by atoms with Crippen molar-refractivity contribution in [1.82, 2.24) is 4.98 Å². The molecular weight excluding hydrogens is 278 g/mol. The second-order valence-electron chi connectivity index (χ2n) is 4.20. The van der Waals surface area contributed by atoms with Gasteiger partial charge in [-0.15, -0.1) is 0 Å². The molecule has 0 N–H and O–H groups in total. The van der Waals surface area contributed by atoms with Crippen LogP contribution < -0.4 is 0 Å². The molecule has 0 bridgehead atoms. The van der Waals surface area contributed by atoms with Gasteiger partial charge in [-0.2, -0.15) is 0 Å². The quantitative estimate of drug-likeness (QED) is 0.670. The molecule has 0 fully saturated rings. The van der Waals surface area contributed by atoms with Crippen molar-refractivity contribution in [3.8, 4) is 11.5 Å². The van der Waals surface area contributed by atoms with Gasteiger partial charge in [0, 0.05) is 10.6 Å². The number of hydrogen-bond acceptors (Lipinski definition) is 4. The molecule has 0 aliphatic rings. The molecule has 0 saturated heterocycles. The molecule has 0 radical (unpaired) electrons. The van der Waals surface area contributed by atoms with Gasteiger partial charge in [0.25, 0.3) is 0 Å². The van der Waals surface area contributed by atoms with Crippen molar-refractivity contribution < 1.29 is 13.9 Å². The minimum atomic E-state index is -0.410. The highest BCUT2D eigenvalue weighted by Crippen LogP contribution is 2.26. The number of oxazole rings is 1. The highest BCUT2D eigenvalue weighted by Gasteiger charge is 2.12. The molecule has 5 heteroatoms. The zero-order chi connectivity index (χ0) is 14.1. The van der Waals surface area contributed by atoms with Crippen molar-refractivity contribution in [2.24, 2.45) is 0 Å². The van der Waals surface area contributed by atoms with Crippen LogP contribution in [0, 0.1) is 0 Å². The number of carbonyl (C=O) groups excluding carboxylic acids is 1. The Labute approximate surface area is 119 Å². The van der Waals surface area contributed by atoms with Gasteiger partial charge in [0.1, 0.15) is 5.52 Å². The molecule has 3 aromatic rings. The summed E-state index contributed by atoms with van der Waals surface area (Å²) >= 11 is 5.95. The SMILES string of the molecule is COC(=O)c1ccc2nc(-c3cccc(Cl)c3)oc2c1. The number of ether oxygens (including phenoxy) is 1. The fourth-order valence-electron chi connectivity index (χ4n) is 1.91. The highest BCUT2D eigenvalue weighted by molar-refractivity contribution is 6.30. The molecule has 100 valence electrons. The molecule has 2 aromatic carbocycles. The smallest absolute Gasteiger partial charge is 0.337 e. The number of methoxy groups -OCH3 is 1. The minimum absolute atomic E-state index is 0.410. The van der Waals surface area contributed by atoms with Crippen LogP contribution in [0.5, 0.6) is 0 Å². The second kappa shape index (κ2) is 4.98. The molecule has 0 unspecified atom stereocenters. The van der Waals surface area contributed by atoms with Crippen LogP contribution in [0.1, 0.15) is 10.4 Å². The summed E-state index contributed by atoms with van der Waals surface area (Å²) < 4.78 is 10.3. The summed E-state index contributed by atoms with van der Waals surface area (Å²) in [5.41, 5.74) is 2.41. The van der Waals surface area contributed by atoms with Crippen molar-refractivity contribution in [3.05, 3.63) is 53.1 Å². The third kappa shape index (κ3) is 2.26. The van der Waals surface area contributed by atoms with E-state index in [1.807, 2.05) is 12.1 Å². The number of esters is 1. The van der Waals surface area contributed by atoms with Gasteiger partial charge < -0.3 is 9.15 Å². The Morgan fingerprint density at radius 3 is 2.85 bits per heavy atom. The first-order chi connectivity index (χ1) is 9.67. The second-order valence-corrected chi connectivity index (χ2v) is 4.64. The van der Waals surface area contributed by atoms with E-state index in [-0.39, 0.29) is 0 Å². The summed E-state index contributed by atoms with van der Waals surface area (Å²) in [7, 11) is 1.34. The molecule has 0 amide bonds. The number of benzene rings is 2. The van der Waals surface area contributed by atoms with E-state index in [1.54, 1.807) is 30.3 Å². The zero-order valence-electron chi connectivity index (χ0n) is 10.6. The molecule has 0 atom stereocenters. The number of carbonyl (C=O) groups is 1. The van der Waals surface area contributed by atoms with Crippen molar-refractivity contribution in [1.29, 1.82) is 0 Å². The topological polar surface area (TPSA) is 52.3 Å². The molecular formula is C15H10ClNO3. The van der Waals surface area contributed by atoms with Gasteiger partial charge in [0.15, 0.2) is 5.58 Å². The average Bonchev–Trinajstić information content (AvgIpc) is 2.89. The van der Waals surface area contributed by atoms with E-state index >= 15 is 0 Å². The number of hydrogen-bond donors (Lipinski definition) is 0. The summed E-state index contributed by atoms with van der Waals surface area (Å²) in [5.74, 6) is 0.0529. The monoisotopic (exact) mass is 287 g/mol. The van der Waals surface area contributed by atoms with Gasteiger partial charge >= 0.3 is 5.97 Å². The maximum absolute atomic E-state index is 11.5. The molecule has 0 saturated carbocycles. The van der Waals surface area contributed by atoms with Crippen LogP contribution in [0.4, 0.5) is 0 Å². The molecule has 3 rings (SSSR count). The largest absolute Gasteiger partial charge is 0.465 e. The predicted octanol–water partition coefficient (Wildman–Crippen LogP) is 3.93. The van der Waals surface area contributed by atoms with Gasteiger partial charge in [-0.05, 0) is 36.4 Å². The number of halogens is 1. The van der Waals surface area contributed by atoms with E-state index in [9.17, 15) is 4.79 Å². The van der Waals surface area contributed by atoms with Crippen LogP contribution >= 0.6 is 11.6 Å². The number of fused-ring (bicyclic) bond motifs is 1. The Balaban J connectivity index is 2.09. The molecule has 4 nitrogen and oxygen atoms in total. The number of rotatable bonds is 2. The molecule has 1 heterocycles. The highest BCUT2D eigenvalue weighted by atomic mass is 35.5. The van der Waals surface area contributed by atoms with Crippen molar-refractivity contribution in [2.45, 2.75) is 0 Å². The van der Waals surface area contributed by atoms with Crippen LogP contribution in [0.3, 0.4) is 0 Å². The minimum Gasteiger partial charge on any atom is -0.465 e. The summed E-state index contributed by atoms with van der Waals surface area (Å²) in [6, 6.07) is 12.2. The summed E-state index contributed by atoms with van der Waals surface area (Å²) in [5, 5.41) is 0.611. The lowest BCUT2D eigenvalue weighted by Crippen LogP contribution is -2.00. The van der Waals surface area contributed by atoms with E-state index in [0.29, 0.717) is 27.6 Å². The van der Waals surface area contributed by atoms with Gasteiger partial charge in [0.05, 0.1) is 12.7 Å². The molecule has 20 heavy (non-hydrogen) atoms. The van der Waals surface area contributed by atoms with E-state index in [2.05, 4.69) is 9.72 Å². The van der Waals surface area contributed by atoms with Crippen molar-refractivity contribution >= 4 is 28.7 Å². The van der Waals surface area contributed by atoms with Crippen LogP contribution in [-0.4, -0.2) is 18.1 Å². The van der Waals surface area contributed by atoms with E-state index < -0.39 is 5.97 Å². The third-order valence-corrected chi connectivity index (χ3v) is 3.12. The van der Waals surface area contributed by atoms with Crippen LogP contribution in [0.25, 0.3) is 22.6 Å². The van der Waals surface area contributed by atoms with E-state index in [0.717, 1.165) is 5.56 Å². The van der Waals surface area contributed by atoms with Crippen LogP contribution in [0.2, 0.25) is 5.02 Å². The van der Waals surface area contributed by atoms with E-state index in [4.69, 9.17) is 16.0 Å². The Bertz CT molecular complexity index is 795. The normalized spacial score (nSPS) is 10.7. The zero-order valence-corrected chi connectivity index (χ0v) is 11.3. The summed E-state index contributed by atoms with van der Waals surface area (Å²) in [6.07, 6.45) is 0. The first kappa shape index (κ1) is 12.7. The lowest BCUT2D eigenvalue weighted by Gasteiger charge is -1.97. The van der Waals surface area contributed by atoms with Crippen molar-refractivity contribution in [2.75, 3.05) is 7.11 Å². The molecule has 1 aromatic heterocycles. The Morgan fingerprint density at radius 2 is 2.10 bits per heavy atom. The molecule has 0 aliphatic heterocycles. The van der Waals surface area contributed by atoms with E-state index in [1.165, 1.54) is 7.11 Å². The molecule has 0 spiro atoms. The average molecular weight is 288 g/mol.